The average molecular weight is 238 g/mol. The van der Waals surface area contributed by atoms with Gasteiger partial charge in [0, 0.05) is 24.7 Å². The number of carbonyl (C=O) groups is 1. The molecule has 1 aromatic carbocycles. The largest absolute Gasteiger partial charge is 0.385 e. The molecule has 1 aromatic rings. The number of rotatable bonds is 6. The van der Waals surface area contributed by atoms with E-state index in [0.717, 1.165) is 12.1 Å². The summed E-state index contributed by atoms with van der Waals surface area (Å²) < 4.78 is 12.6. The molecule has 1 atom stereocenters. The highest BCUT2D eigenvalue weighted by Crippen LogP contribution is 2.07. The van der Waals surface area contributed by atoms with Crippen molar-refractivity contribution in [3.63, 3.8) is 0 Å². The molecule has 17 heavy (non-hydrogen) atoms. The highest BCUT2D eigenvalue weighted by Gasteiger charge is 2.04. The van der Waals surface area contributed by atoms with Gasteiger partial charge in [-0.2, -0.15) is 0 Å². The first kappa shape index (κ1) is 13.5. The molecule has 0 spiro atoms. The second kappa shape index (κ2) is 6.89. The molecule has 3 nitrogen and oxygen atoms in total. The number of anilines is 1. The minimum absolute atomic E-state index is 0.0361. The third-order valence-electron chi connectivity index (χ3n) is 2.55. The van der Waals surface area contributed by atoms with Gasteiger partial charge < -0.3 is 10.6 Å². The van der Waals surface area contributed by atoms with Crippen LogP contribution < -0.4 is 10.6 Å². The molecule has 0 saturated heterocycles. The Bertz CT molecular complexity index is 351. The summed E-state index contributed by atoms with van der Waals surface area (Å²) in [7, 11) is 0. The highest BCUT2D eigenvalue weighted by molar-refractivity contribution is 5.76. The van der Waals surface area contributed by atoms with Crippen LogP contribution in [0.25, 0.3) is 0 Å². The van der Waals surface area contributed by atoms with Gasteiger partial charge in [0.25, 0.3) is 0 Å². The summed E-state index contributed by atoms with van der Waals surface area (Å²) in [6.07, 6.45) is 1.35. The van der Waals surface area contributed by atoms with Crippen molar-refractivity contribution in [2.75, 3.05) is 11.9 Å². The predicted octanol–water partition coefficient (Wildman–Crippen LogP) is 2.54. The van der Waals surface area contributed by atoms with Gasteiger partial charge in [-0.05, 0) is 37.6 Å². The molecule has 1 rings (SSSR count). The molecule has 0 aliphatic carbocycles. The van der Waals surface area contributed by atoms with E-state index in [9.17, 15) is 9.18 Å². The van der Waals surface area contributed by atoms with E-state index in [-0.39, 0.29) is 17.8 Å². The molecule has 1 amide bonds. The van der Waals surface area contributed by atoms with E-state index in [4.69, 9.17) is 0 Å². The molecule has 0 bridgehead atoms. The maximum absolute atomic E-state index is 12.6. The third-order valence-corrected chi connectivity index (χ3v) is 2.55. The van der Waals surface area contributed by atoms with Crippen molar-refractivity contribution in [3.05, 3.63) is 30.1 Å². The Labute approximate surface area is 101 Å². The fraction of sp³-hybridized carbons (Fsp3) is 0.462. The summed E-state index contributed by atoms with van der Waals surface area (Å²) in [5, 5.41) is 5.95. The number of benzene rings is 1. The van der Waals surface area contributed by atoms with Crippen LogP contribution in [-0.4, -0.2) is 18.5 Å². The number of amides is 1. The Kier molecular flexibility index (Phi) is 5.46. The van der Waals surface area contributed by atoms with Gasteiger partial charge >= 0.3 is 0 Å². The fourth-order valence-electron chi connectivity index (χ4n) is 1.34. The Hall–Kier alpha value is -1.58. The van der Waals surface area contributed by atoms with Crippen LogP contribution in [0.4, 0.5) is 10.1 Å². The SMILES string of the molecule is CCC(C)NC(=O)CCNc1ccc(F)cc1. The van der Waals surface area contributed by atoms with E-state index in [0.29, 0.717) is 13.0 Å². The van der Waals surface area contributed by atoms with Crippen LogP contribution in [0.2, 0.25) is 0 Å². The van der Waals surface area contributed by atoms with Crippen LogP contribution in [0, 0.1) is 5.82 Å². The van der Waals surface area contributed by atoms with Gasteiger partial charge in [0.2, 0.25) is 5.91 Å². The summed E-state index contributed by atoms with van der Waals surface area (Å²) in [6, 6.07) is 6.31. The van der Waals surface area contributed by atoms with E-state index in [2.05, 4.69) is 10.6 Å². The molecule has 0 aromatic heterocycles. The summed E-state index contributed by atoms with van der Waals surface area (Å²) in [5.74, 6) is -0.223. The van der Waals surface area contributed by atoms with E-state index in [1.165, 1.54) is 12.1 Å². The molecule has 0 aliphatic rings. The van der Waals surface area contributed by atoms with Crippen molar-refractivity contribution < 1.29 is 9.18 Å². The van der Waals surface area contributed by atoms with Gasteiger partial charge in [-0.3, -0.25) is 4.79 Å². The number of hydrogen-bond donors (Lipinski definition) is 2. The molecule has 0 radical (unpaired) electrons. The smallest absolute Gasteiger partial charge is 0.221 e. The lowest BCUT2D eigenvalue weighted by Gasteiger charge is -2.11. The number of nitrogens with one attached hydrogen (secondary N) is 2. The molecule has 4 heteroatoms. The molecular weight excluding hydrogens is 219 g/mol. The van der Waals surface area contributed by atoms with Crippen LogP contribution in [0.5, 0.6) is 0 Å². The summed E-state index contributed by atoms with van der Waals surface area (Å²) >= 11 is 0. The number of halogens is 1. The van der Waals surface area contributed by atoms with Gasteiger partial charge in [0.1, 0.15) is 5.82 Å². The maximum atomic E-state index is 12.6. The second-order valence-corrected chi connectivity index (χ2v) is 4.06. The van der Waals surface area contributed by atoms with Gasteiger partial charge in [0.05, 0.1) is 0 Å². The summed E-state index contributed by atoms with van der Waals surface area (Å²) in [6.45, 7) is 4.56. The maximum Gasteiger partial charge on any atom is 0.221 e. The first-order chi connectivity index (χ1) is 8.11. The van der Waals surface area contributed by atoms with Crippen LogP contribution in [0.1, 0.15) is 26.7 Å². The Morgan fingerprint density at radius 2 is 2.00 bits per heavy atom. The highest BCUT2D eigenvalue weighted by atomic mass is 19.1. The van der Waals surface area contributed by atoms with Gasteiger partial charge in [0.15, 0.2) is 0 Å². The molecule has 0 aliphatic heterocycles. The predicted molar refractivity (Wildman–Crippen MR) is 67.4 cm³/mol. The van der Waals surface area contributed by atoms with Crippen LogP contribution in [0.15, 0.2) is 24.3 Å². The fourth-order valence-corrected chi connectivity index (χ4v) is 1.34. The lowest BCUT2D eigenvalue weighted by atomic mass is 10.2. The third kappa shape index (κ3) is 5.33. The van der Waals surface area contributed by atoms with Crippen molar-refractivity contribution in [2.24, 2.45) is 0 Å². The van der Waals surface area contributed by atoms with Crippen LogP contribution in [-0.2, 0) is 4.79 Å². The molecule has 0 fully saturated rings. The van der Waals surface area contributed by atoms with E-state index in [1.54, 1.807) is 12.1 Å². The van der Waals surface area contributed by atoms with Crippen molar-refractivity contribution in [2.45, 2.75) is 32.7 Å². The normalized spacial score (nSPS) is 11.9. The molecule has 1 unspecified atom stereocenters. The summed E-state index contributed by atoms with van der Waals surface area (Å²) in [5.41, 5.74) is 0.822. The number of carbonyl (C=O) groups excluding carboxylic acids is 1. The van der Waals surface area contributed by atoms with Crippen LogP contribution in [0.3, 0.4) is 0 Å². The Balaban J connectivity index is 2.23. The second-order valence-electron chi connectivity index (χ2n) is 4.06. The van der Waals surface area contributed by atoms with Crippen molar-refractivity contribution >= 4 is 11.6 Å². The molecule has 0 heterocycles. The minimum atomic E-state index is -0.259. The zero-order valence-electron chi connectivity index (χ0n) is 10.3. The molecule has 2 N–H and O–H groups in total. The first-order valence-electron chi connectivity index (χ1n) is 5.90. The molecule has 94 valence electrons. The minimum Gasteiger partial charge on any atom is -0.385 e. The standard InChI is InChI=1S/C13H19FN2O/c1-3-10(2)16-13(17)8-9-15-12-6-4-11(14)5-7-12/h4-7,10,15H,3,8-9H2,1-2H3,(H,16,17). The number of hydrogen-bond acceptors (Lipinski definition) is 2. The van der Waals surface area contributed by atoms with Gasteiger partial charge in [-0.1, -0.05) is 6.92 Å². The summed E-state index contributed by atoms with van der Waals surface area (Å²) in [4.78, 5) is 11.4. The van der Waals surface area contributed by atoms with Crippen LogP contribution >= 0.6 is 0 Å². The quantitative estimate of drug-likeness (QED) is 0.799. The van der Waals surface area contributed by atoms with E-state index in [1.807, 2.05) is 13.8 Å². The lowest BCUT2D eigenvalue weighted by Crippen LogP contribution is -2.32. The van der Waals surface area contributed by atoms with Gasteiger partial charge in [-0.25, -0.2) is 4.39 Å². The molecular formula is C13H19FN2O. The topological polar surface area (TPSA) is 41.1 Å². The van der Waals surface area contributed by atoms with Gasteiger partial charge in [-0.15, -0.1) is 0 Å². The Morgan fingerprint density at radius 1 is 1.35 bits per heavy atom. The van der Waals surface area contributed by atoms with Crippen molar-refractivity contribution in [1.82, 2.24) is 5.32 Å². The van der Waals surface area contributed by atoms with E-state index < -0.39 is 0 Å². The van der Waals surface area contributed by atoms with Crippen molar-refractivity contribution in [3.8, 4) is 0 Å². The molecule has 0 saturated carbocycles. The lowest BCUT2D eigenvalue weighted by molar-refractivity contribution is -0.121. The zero-order valence-corrected chi connectivity index (χ0v) is 10.3. The first-order valence-corrected chi connectivity index (χ1v) is 5.90. The van der Waals surface area contributed by atoms with Crippen molar-refractivity contribution in [1.29, 1.82) is 0 Å². The Morgan fingerprint density at radius 3 is 2.59 bits per heavy atom. The zero-order chi connectivity index (χ0) is 12.7. The monoisotopic (exact) mass is 238 g/mol. The van der Waals surface area contributed by atoms with E-state index >= 15 is 0 Å². The average Bonchev–Trinajstić information content (AvgIpc) is 2.31.